The first-order valence-corrected chi connectivity index (χ1v) is 6.14. The fourth-order valence-electron chi connectivity index (χ4n) is 2.57. The van der Waals surface area contributed by atoms with Crippen LogP contribution in [0.4, 0.5) is 0 Å². The van der Waals surface area contributed by atoms with Crippen LogP contribution in [0.15, 0.2) is 60.8 Å². The van der Waals surface area contributed by atoms with Crippen LogP contribution in [0.3, 0.4) is 0 Å². The Kier molecular flexibility index (Phi) is 1.92. The minimum absolute atomic E-state index is 0.934. The van der Waals surface area contributed by atoms with Crippen LogP contribution in [-0.2, 0) is 6.42 Å². The van der Waals surface area contributed by atoms with Crippen molar-refractivity contribution < 1.29 is 0 Å². The van der Waals surface area contributed by atoms with E-state index in [1.165, 1.54) is 16.8 Å². The number of para-hydroxylation sites is 1. The van der Waals surface area contributed by atoms with E-state index in [4.69, 9.17) is 4.98 Å². The third kappa shape index (κ3) is 1.32. The van der Waals surface area contributed by atoms with Gasteiger partial charge in [-0.05, 0) is 11.6 Å². The summed E-state index contributed by atoms with van der Waals surface area (Å²) in [5.74, 6) is 1.13. The second-order valence-electron chi connectivity index (χ2n) is 4.58. The van der Waals surface area contributed by atoms with Crippen LogP contribution in [0, 0.1) is 0 Å². The van der Waals surface area contributed by atoms with Gasteiger partial charge in [0.25, 0.3) is 0 Å². The Hall–Kier alpha value is -2.35. The standard InChI is InChI=1S/C16H12N2/c1-2-6-12(7-3-1)14-11-18-15-9-5-4-8-13(15)10-16(18)17-14/h1-9,11H,10H2. The quantitative estimate of drug-likeness (QED) is 0.491. The van der Waals surface area contributed by atoms with Gasteiger partial charge in [-0.1, -0.05) is 48.5 Å². The van der Waals surface area contributed by atoms with Gasteiger partial charge < -0.3 is 4.57 Å². The third-order valence-corrected chi connectivity index (χ3v) is 3.45. The molecule has 2 nitrogen and oxygen atoms in total. The predicted octanol–water partition coefficient (Wildman–Crippen LogP) is 3.44. The van der Waals surface area contributed by atoms with E-state index in [-0.39, 0.29) is 0 Å². The predicted molar refractivity (Wildman–Crippen MR) is 71.8 cm³/mol. The molecule has 0 N–H and O–H groups in total. The molecular formula is C16H12N2. The van der Waals surface area contributed by atoms with E-state index in [9.17, 15) is 0 Å². The molecular weight excluding hydrogens is 220 g/mol. The maximum Gasteiger partial charge on any atom is 0.118 e. The monoisotopic (exact) mass is 232 g/mol. The zero-order valence-corrected chi connectivity index (χ0v) is 9.88. The number of hydrogen-bond donors (Lipinski definition) is 0. The van der Waals surface area contributed by atoms with E-state index in [0.717, 1.165) is 17.9 Å². The molecule has 1 aliphatic heterocycles. The van der Waals surface area contributed by atoms with Gasteiger partial charge in [0.05, 0.1) is 11.4 Å². The van der Waals surface area contributed by atoms with Gasteiger partial charge >= 0.3 is 0 Å². The maximum atomic E-state index is 4.74. The second kappa shape index (κ2) is 3.57. The summed E-state index contributed by atoms with van der Waals surface area (Å²) in [5.41, 5.74) is 4.86. The first kappa shape index (κ1) is 9.66. The average Bonchev–Trinajstić information content (AvgIpc) is 2.97. The smallest absolute Gasteiger partial charge is 0.118 e. The van der Waals surface area contributed by atoms with E-state index < -0.39 is 0 Å². The lowest BCUT2D eigenvalue weighted by Gasteiger charge is -2.00. The van der Waals surface area contributed by atoms with Gasteiger partial charge in [-0.25, -0.2) is 4.98 Å². The number of rotatable bonds is 1. The summed E-state index contributed by atoms with van der Waals surface area (Å²) < 4.78 is 2.21. The lowest BCUT2D eigenvalue weighted by Crippen LogP contribution is -1.88. The SMILES string of the molecule is c1ccc(-c2cn3c(n2)Cc2ccccc2-3)cc1. The fourth-order valence-corrected chi connectivity index (χ4v) is 2.57. The Balaban J connectivity index is 1.86. The summed E-state index contributed by atoms with van der Waals surface area (Å²) in [6.45, 7) is 0. The number of benzene rings is 2. The summed E-state index contributed by atoms with van der Waals surface area (Å²) in [6, 6.07) is 18.8. The van der Waals surface area contributed by atoms with Gasteiger partial charge in [-0.15, -0.1) is 0 Å². The molecule has 2 heteroatoms. The van der Waals surface area contributed by atoms with E-state index in [0.29, 0.717) is 0 Å². The van der Waals surface area contributed by atoms with Crippen LogP contribution in [0.2, 0.25) is 0 Å². The fraction of sp³-hybridized carbons (Fsp3) is 0.0625. The summed E-state index contributed by atoms with van der Waals surface area (Å²) in [4.78, 5) is 4.74. The zero-order chi connectivity index (χ0) is 11.9. The Bertz CT molecular complexity index is 711. The summed E-state index contributed by atoms with van der Waals surface area (Å²) in [7, 11) is 0. The molecule has 3 aromatic rings. The van der Waals surface area contributed by atoms with Crippen molar-refractivity contribution in [2.75, 3.05) is 0 Å². The molecule has 0 radical (unpaired) electrons. The van der Waals surface area contributed by atoms with Crippen molar-refractivity contribution in [1.82, 2.24) is 9.55 Å². The lowest BCUT2D eigenvalue weighted by molar-refractivity contribution is 0.997. The Morgan fingerprint density at radius 3 is 2.56 bits per heavy atom. The molecule has 4 rings (SSSR count). The molecule has 0 saturated carbocycles. The van der Waals surface area contributed by atoms with E-state index in [2.05, 4.69) is 47.2 Å². The highest BCUT2D eigenvalue weighted by atomic mass is 15.1. The summed E-state index contributed by atoms with van der Waals surface area (Å²) in [6.07, 6.45) is 3.07. The highest BCUT2D eigenvalue weighted by Crippen LogP contribution is 2.30. The summed E-state index contributed by atoms with van der Waals surface area (Å²) in [5, 5.41) is 0. The molecule has 0 bridgehead atoms. The molecule has 1 aromatic heterocycles. The molecule has 0 saturated heterocycles. The number of fused-ring (bicyclic) bond motifs is 3. The minimum Gasteiger partial charge on any atom is -0.303 e. The van der Waals surface area contributed by atoms with Crippen LogP contribution in [-0.4, -0.2) is 9.55 Å². The largest absolute Gasteiger partial charge is 0.303 e. The van der Waals surface area contributed by atoms with Gasteiger partial charge in [0, 0.05) is 18.2 Å². The first-order chi connectivity index (χ1) is 8.92. The second-order valence-corrected chi connectivity index (χ2v) is 4.58. The first-order valence-electron chi connectivity index (χ1n) is 6.14. The van der Waals surface area contributed by atoms with Gasteiger partial charge in [0.15, 0.2) is 0 Å². The molecule has 2 heterocycles. The van der Waals surface area contributed by atoms with Gasteiger partial charge in [0.2, 0.25) is 0 Å². The van der Waals surface area contributed by atoms with Crippen LogP contribution >= 0.6 is 0 Å². The average molecular weight is 232 g/mol. The van der Waals surface area contributed by atoms with Crippen LogP contribution in [0.25, 0.3) is 16.9 Å². The van der Waals surface area contributed by atoms with Crippen molar-refractivity contribution in [1.29, 1.82) is 0 Å². The molecule has 0 atom stereocenters. The zero-order valence-electron chi connectivity index (χ0n) is 9.88. The van der Waals surface area contributed by atoms with Crippen LogP contribution < -0.4 is 0 Å². The van der Waals surface area contributed by atoms with Gasteiger partial charge in [-0.2, -0.15) is 0 Å². The van der Waals surface area contributed by atoms with E-state index >= 15 is 0 Å². The van der Waals surface area contributed by atoms with Crippen molar-refractivity contribution in [3.63, 3.8) is 0 Å². The van der Waals surface area contributed by atoms with Crippen molar-refractivity contribution in [3.05, 3.63) is 72.2 Å². The number of nitrogens with zero attached hydrogens (tertiary/aromatic N) is 2. The molecule has 0 spiro atoms. The third-order valence-electron chi connectivity index (χ3n) is 3.45. The Morgan fingerprint density at radius 1 is 0.889 bits per heavy atom. The van der Waals surface area contributed by atoms with Crippen molar-refractivity contribution in [2.24, 2.45) is 0 Å². The molecule has 2 aromatic carbocycles. The number of imidazole rings is 1. The maximum absolute atomic E-state index is 4.74. The molecule has 0 unspecified atom stereocenters. The van der Waals surface area contributed by atoms with E-state index in [1.54, 1.807) is 0 Å². The molecule has 1 aliphatic rings. The molecule has 86 valence electrons. The van der Waals surface area contributed by atoms with Crippen molar-refractivity contribution in [3.8, 4) is 16.9 Å². The molecule has 0 amide bonds. The number of aromatic nitrogens is 2. The molecule has 0 fully saturated rings. The highest BCUT2D eigenvalue weighted by Gasteiger charge is 2.20. The Labute approximate surface area is 106 Å². The molecule has 0 aliphatic carbocycles. The minimum atomic E-state index is 0.934. The van der Waals surface area contributed by atoms with Crippen molar-refractivity contribution >= 4 is 0 Å². The normalized spacial score (nSPS) is 12.2. The van der Waals surface area contributed by atoms with E-state index in [1.807, 2.05) is 18.2 Å². The molecule has 18 heavy (non-hydrogen) atoms. The van der Waals surface area contributed by atoms with Crippen LogP contribution in [0.1, 0.15) is 11.4 Å². The van der Waals surface area contributed by atoms with Gasteiger partial charge in [-0.3, -0.25) is 0 Å². The summed E-state index contributed by atoms with van der Waals surface area (Å²) >= 11 is 0. The van der Waals surface area contributed by atoms with Gasteiger partial charge in [0.1, 0.15) is 5.82 Å². The number of hydrogen-bond acceptors (Lipinski definition) is 1. The topological polar surface area (TPSA) is 17.8 Å². The highest BCUT2D eigenvalue weighted by molar-refractivity contribution is 5.61. The van der Waals surface area contributed by atoms with Crippen molar-refractivity contribution in [2.45, 2.75) is 6.42 Å². The Morgan fingerprint density at radius 2 is 1.67 bits per heavy atom. The van der Waals surface area contributed by atoms with Crippen LogP contribution in [0.5, 0.6) is 0 Å². The lowest BCUT2D eigenvalue weighted by atomic mass is 10.1.